The summed E-state index contributed by atoms with van der Waals surface area (Å²) in [5, 5.41) is 31.2. The molecule has 2 aromatic carbocycles. The summed E-state index contributed by atoms with van der Waals surface area (Å²) < 4.78 is 0. The first-order valence-electron chi connectivity index (χ1n) is 8.19. The van der Waals surface area contributed by atoms with E-state index in [0.717, 1.165) is 11.1 Å². The zero-order chi connectivity index (χ0) is 18.2. The Morgan fingerprint density at radius 2 is 1.60 bits per heavy atom. The van der Waals surface area contributed by atoms with Crippen molar-refractivity contribution in [1.82, 2.24) is 5.32 Å². The molecule has 6 nitrogen and oxygen atoms in total. The second-order valence-corrected chi connectivity index (χ2v) is 6.17. The summed E-state index contributed by atoms with van der Waals surface area (Å²) >= 11 is 0. The molecule has 0 fully saturated rings. The summed E-state index contributed by atoms with van der Waals surface area (Å²) in [4.78, 5) is 11.0. The summed E-state index contributed by atoms with van der Waals surface area (Å²) in [6.07, 6.45) is -0.835. The Labute approximate surface area is 146 Å². The number of nitrogens with two attached hydrogens (primary N) is 1. The van der Waals surface area contributed by atoms with E-state index in [9.17, 15) is 15.0 Å². The molecule has 0 aliphatic rings. The molecule has 6 heteroatoms. The quantitative estimate of drug-likeness (QED) is 0.501. The molecule has 6 N–H and O–H groups in total. The van der Waals surface area contributed by atoms with Crippen LogP contribution in [0.5, 0.6) is 5.75 Å². The van der Waals surface area contributed by atoms with E-state index in [1.807, 2.05) is 30.3 Å². The van der Waals surface area contributed by atoms with Crippen LogP contribution in [-0.2, 0) is 12.8 Å². The molecule has 2 rings (SSSR count). The number of carboxylic acid groups (broad SMARTS) is 1. The molecule has 0 radical (unpaired) electrons. The first-order valence-corrected chi connectivity index (χ1v) is 8.19. The molecule has 0 unspecified atom stereocenters. The van der Waals surface area contributed by atoms with Gasteiger partial charge in [-0.3, -0.25) is 0 Å². The number of hydrogen-bond acceptors (Lipinski definition) is 4. The van der Waals surface area contributed by atoms with Crippen LogP contribution in [0.1, 0.15) is 17.5 Å². The van der Waals surface area contributed by atoms with Gasteiger partial charge in [0.25, 0.3) is 0 Å². The maximum Gasteiger partial charge on any atom is 0.404 e. The first-order chi connectivity index (χ1) is 11.9. The molecule has 0 spiro atoms. The van der Waals surface area contributed by atoms with E-state index < -0.39 is 24.3 Å². The van der Waals surface area contributed by atoms with Gasteiger partial charge in [0.15, 0.2) is 0 Å². The standard InChI is InChI=1S/C19H24N2O4/c20-17(11-14-6-8-16(22)9-7-14)18(23)12-15(21-19(24)25)10-13-4-2-1-3-5-13/h1-9,15,17-18,21-23H,10-12,20H2,(H,24,25)/t15-,17-,18-/m0/s1. The summed E-state index contributed by atoms with van der Waals surface area (Å²) in [5.74, 6) is 0.173. The van der Waals surface area contributed by atoms with Crippen LogP contribution in [-0.4, -0.2) is 39.6 Å². The van der Waals surface area contributed by atoms with Crippen molar-refractivity contribution < 1.29 is 20.1 Å². The van der Waals surface area contributed by atoms with Crippen molar-refractivity contribution in [3.05, 3.63) is 65.7 Å². The fraction of sp³-hybridized carbons (Fsp3) is 0.316. The van der Waals surface area contributed by atoms with Gasteiger partial charge in [0, 0.05) is 12.1 Å². The van der Waals surface area contributed by atoms with E-state index in [-0.39, 0.29) is 12.2 Å². The number of phenols is 1. The molecule has 0 saturated heterocycles. The van der Waals surface area contributed by atoms with Crippen molar-refractivity contribution in [3.8, 4) is 5.75 Å². The highest BCUT2D eigenvalue weighted by Gasteiger charge is 2.22. The average Bonchev–Trinajstić information content (AvgIpc) is 2.57. The van der Waals surface area contributed by atoms with E-state index in [0.29, 0.717) is 12.8 Å². The number of hydrogen-bond donors (Lipinski definition) is 5. The van der Waals surface area contributed by atoms with Crippen molar-refractivity contribution in [2.75, 3.05) is 0 Å². The van der Waals surface area contributed by atoms with Gasteiger partial charge in [-0.1, -0.05) is 42.5 Å². The predicted molar refractivity (Wildman–Crippen MR) is 95.5 cm³/mol. The lowest BCUT2D eigenvalue weighted by Gasteiger charge is -2.24. The van der Waals surface area contributed by atoms with Gasteiger partial charge in [-0.2, -0.15) is 0 Å². The molecule has 3 atom stereocenters. The normalized spacial score (nSPS) is 14.5. The summed E-state index contributed by atoms with van der Waals surface area (Å²) in [6.45, 7) is 0. The zero-order valence-corrected chi connectivity index (χ0v) is 13.9. The Kier molecular flexibility index (Phi) is 6.80. The molecule has 25 heavy (non-hydrogen) atoms. The number of benzene rings is 2. The largest absolute Gasteiger partial charge is 0.508 e. The predicted octanol–water partition coefficient (Wildman–Crippen LogP) is 1.89. The van der Waals surface area contributed by atoms with Crippen molar-refractivity contribution in [1.29, 1.82) is 0 Å². The molecule has 0 aliphatic heterocycles. The van der Waals surface area contributed by atoms with Gasteiger partial charge in [-0.05, 0) is 42.5 Å². The molecule has 0 bridgehead atoms. The number of carbonyl (C=O) groups is 1. The molecule has 2 aromatic rings. The maximum atomic E-state index is 11.0. The van der Waals surface area contributed by atoms with Crippen molar-refractivity contribution in [2.24, 2.45) is 5.73 Å². The van der Waals surface area contributed by atoms with Crippen LogP contribution in [0.15, 0.2) is 54.6 Å². The second kappa shape index (κ2) is 9.05. The highest BCUT2D eigenvalue weighted by molar-refractivity contribution is 5.64. The molecule has 0 aromatic heterocycles. The van der Waals surface area contributed by atoms with Gasteiger partial charge in [-0.15, -0.1) is 0 Å². The van der Waals surface area contributed by atoms with E-state index in [1.165, 1.54) is 0 Å². The monoisotopic (exact) mass is 344 g/mol. The summed E-state index contributed by atoms with van der Waals surface area (Å²) in [7, 11) is 0. The van der Waals surface area contributed by atoms with E-state index in [2.05, 4.69) is 5.32 Å². The number of aromatic hydroxyl groups is 1. The molecule has 134 valence electrons. The minimum atomic E-state index is -1.12. The average molecular weight is 344 g/mol. The smallest absolute Gasteiger partial charge is 0.404 e. The van der Waals surface area contributed by atoms with Crippen LogP contribution in [0.4, 0.5) is 4.79 Å². The number of aliphatic hydroxyl groups excluding tert-OH is 1. The number of nitrogens with one attached hydrogen (secondary N) is 1. The third kappa shape index (κ3) is 6.45. The lowest BCUT2D eigenvalue weighted by atomic mass is 9.94. The Morgan fingerprint density at radius 3 is 2.20 bits per heavy atom. The van der Waals surface area contributed by atoms with E-state index in [4.69, 9.17) is 10.8 Å². The van der Waals surface area contributed by atoms with Crippen LogP contribution in [0.3, 0.4) is 0 Å². The Hall–Kier alpha value is -2.57. The van der Waals surface area contributed by atoms with E-state index >= 15 is 0 Å². The summed E-state index contributed by atoms with van der Waals surface area (Å²) in [5.41, 5.74) is 7.96. The number of rotatable bonds is 8. The third-order valence-corrected chi connectivity index (χ3v) is 4.08. The number of amides is 1. The van der Waals surface area contributed by atoms with Gasteiger partial charge in [0.1, 0.15) is 5.75 Å². The number of phenolic OH excluding ortho intramolecular Hbond substituents is 1. The van der Waals surface area contributed by atoms with Crippen LogP contribution < -0.4 is 11.1 Å². The molecule has 1 amide bonds. The minimum absolute atomic E-state index is 0.173. The van der Waals surface area contributed by atoms with Gasteiger partial charge in [0.05, 0.1) is 6.10 Å². The lowest BCUT2D eigenvalue weighted by molar-refractivity contribution is 0.119. The van der Waals surface area contributed by atoms with Crippen LogP contribution in [0.25, 0.3) is 0 Å². The molecule has 0 saturated carbocycles. The molecule has 0 aliphatic carbocycles. The van der Waals surface area contributed by atoms with Gasteiger partial charge >= 0.3 is 6.09 Å². The van der Waals surface area contributed by atoms with Gasteiger partial charge < -0.3 is 26.4 Å². The minimum Gasteiger partial charge on any atom is -0.508 e. The number of aliphatic hydroxyl groups is 1. The Morgan fingerprint density at radius 1 is 1.00 bits per heavy atom. The fourth-order valence-corrected chi connectivity index (χ4v) is 2.77. The third-order valence-electron chi connectivity index (χ3n) is 4.08. The van der Waals surface area contributed by atoms with Crippen LogP contribution >= 0.6 is 0 Å². The van der Waals surface area contributed by atoms with Crippen molar-refractivity contribution in [3.63, 3.8) is 0 Å². The topological polar surface area (TPSA) is 116 Å². The van der Waals surface area contributed by atoms with Gasteiger partial charge in [-0.25, -0.2) is 4.79 Å². The SMILES string of the molecule is N[C@@H](Cc1ccc(O)cc1)[C@@H](O)C[C@H](Cc1ccccc1)NC(=O)O. The lowest BCUT2D eigenvalue weighted by Crippen LogP contribution is -2.44. The maximum absolute atomic E-state index is 11.0. The molecular formula is C19H24N2O4. The molecular weight excluding hydrogens is 320 g/mol. The fourth-order valence-electron chi connectivity index (χ4n) is 2.77. The van der Waals surface area contributed by atoms with Crippen LogP contribution in [0.2, 0.25) is 0 Å². The highest BCUT2D eigenvalue weighted by Crippen LogP contribution is 2.14. The second-order valence-electron chi connectivity index (χ2n) is 6.17. The Bertz CT molecular complexity index is 661. The highest BCUT2D eigenvalue weighted by atomic mass is 16.4. The van der Waals surface area contributed by atoms with Gasteiger partial charge in [0.2, 0.25) is 0 Å². The zero-order valence-electron chi connectivity index (χ0n) is 13.9. The van der Waals surface area contributed by atoms with Crippen molar-refractivity contribution in [2.45, 2.75) is 37.5 Å². The molecule has 0 heterocycles. The first kappa shape index (κ1) is 18.8. The Balaban J connectivity index is 1.96. The summed E-state index contributed by atoms with van der Waals surface area (Å²) in [6, 6.07) is 15.2. The van der Waals surface area contributed by atoms with Crippen molar-refractivity contribution >= 4 is 6.09 Å². The van der Waals surface area contributed by atoms with Crippen LogP contribution in [0, 0.1) is 0 Å². The van der Waals surface area contributed by atoms with E-state index in [1.54, 1.807) is 24.3 Å².